The van der Waals surface area contributed by atoms with Crippen LogP contribution in [0.4, 0.5) is 4.39 Å². The van der Waals surface area contributed by atoms with Crippen molar-refractivity contribution in [1.82, 2.24) is 4.90 Å². The molecule has 0 aromatic carbocycles. The number of alkyl halides is 1. The van der Waals surface area contributed by atoms with Gasteiger partial charge in [0, 0.05) is 30.1 Å². The summed E-state index contributed by atoms with van der Waals surface area (Å²) in [6.45, 7) is 6.11. The van der Waals surface area contributed by atoms with Crippen LogP contribution in [0.5, 0.6) is 0 Å². The number of hydrogen-bond acceptors (Lipinski definition) is 3. The molecule has 0 bridgehead atoms. The Labute approximate surface area is 83.5 Å². The van der Waals surface area contributed by atoms with Gasteiger partial charge in [0.1, 0.15) is 6.67 Å². The van der Waals surface area contributed by atoms with Crippen molar-refractivity contribution in [2.45, 2.75) is 24.7 Å². The Hall–Kier alpha value is 0.200. The minimum Gasteiger partial charge on any atom is -0.389 e. The Bertz CT molecular complexity index is 166. The third kappa shape index (κ3) is 3.83. The SMILES string of the molecule is CC1(C)CN(CC(O)CF)CCS1. The van der Waals surface area contributed by atoms with Crippen LogP contribution in [0.3, 0.4) is 0 Å². The minimum absolute atomic E-state index is 0.244. The molecule has 1 aliphatic heterocycles. The van der Waals surface area contributed by atoms with Gasteiger partial charge in [-0.25, -0.2) is 4.39 Å². The van der Waals surface area contributed by atoms with Crippen molar-refractivity contribution >= 4 is 11.8 Å². The maximum Gasteiger partial charge on any atom is 0.117 e. The summed E-state index contributed by atoms with van der Waals surface area (Å²) in [5.41, 5.74) is 0. The minimum atomic E-state index is -0.807. The van der Waals surface area contributed by atoms with Gasteiger partial charge in [-0.1, -0.05) is 0 Å². The first-order valence-electron chi connectivity index (χ1n) is 4.64. The number of halogens is 1. The molecular weight excluding hydrogens is 189 g/mol. The molecule has 0 radical (unpaired) electrons. The van der Waals surface area contributed by atoms with Crippen molar-refractivity contribution < 1.29 is 9.50 Å². The molecule has 0 saturated carbocycles. The van der Waals surface area contributed by atoms with Gasteiger partial charge in [0.2, 0.25) is 0 Å². The summed E-state index contributed by atoms with van der Waals surface area (Å²) in [6, 6.07) is 0. The molecule has 1 saturated heterocycles. The first-order chi connectivity index (χ1) is 6.03. The lowest BCUT2D eigenvalue weighted by Gasteiger charge is -2.38. The first kappa shape index (κ1) is 11.3. The van der Waals surface area contributed by atoms with Crippen molar-refractivity contribution in [2.75, 3.05) is 32.1 Å². The largest absolute Gasteiger partial charge is 0.389 e. The van der Waals surface area contributed by atoms with E-state index >= 15 is 0 Å². The van der Waals surface area contributed by atoms with Crippen LogP contribution in [-0.2, 0) is 0 Å². The zero-order valence-corrected chi connectivity index (χ0v) is 9.11. The molecule has 0 aliphatic carbocycles. The molecule has 78 valence electrons. The van der Waals surface area contributed by atoms with Gasteiger partial charge in [0.05, 0.1) is 6.10 Å². The second kappa shape index (κ2) is 4.62. The predicted molar refractivity (Wildman–Crippen MR) is 55.0 cm³/mol. The number of β-amino-alcohol motifs (C(OH)–C–C–N with tert-alkyl or cyclic N) is 1. The van der Waals surface area contributed by atoms with E-state index in [1.165, 1.54) is 0 Å². The van der Waals surface area contributed by atoms with E-state index in [2.05, 4.69) is 18.7 Å². The van der Waals surface area contributed by atoms with Crippen molar-refractivity contribution in [3.05, 3.63) is 0 Å². The molecule has 4 heteroatoms. The fourth-order valence-electron chi connectivity index (χ4n) is 1.62. The standard InChI is InChI=1S/C9H18FNOS/c1-9(2)7-11(3-4-13-9)6-8(12)5-10/h8,12H,3-7H2,1-2H3. The van der Waals surface area contributed by atoms with E-state index in [-0.39, 0.29) is 4.75 Å². The number of aliphatic hydroxyl groups is 1. The van der Waals surface area contributed by atoms with Crippen LogP contribution in [0.15, 0.2) is 0 Å². The number of nitrogens with zero attached hydrogens (tertiary/aromatic N) is 1. The highest BCUT2D eigenvalue weighted by molar-refractivity contribution is 8.00. The fraction of sp³-hybridized carbons (Fsp3) is 1.00. The molecule has 1 fully saturated rings. The third-order valence-corrected chi connectivity index (χ3v) is 3.45. The smallest absolute Gasteiger partial charge is 0.117 e. The summed E-state index contributed by atoms with van der Waals surface area (Å²) in [5, 5.41) is 9.16. The highest BCUT2D eigenvalue weighted by atomic mass is 32.2. The Morgan fingerprint density at radius 1 is 1.62 bits per heavy atom. The summed E-state index contributed by atoms with van der Waals surface area (Å²) >= 11 is 1.94. The first-order valence-corrected chi connectivity index (χ1v) is 5.62. The van der Waals surface area contributed by atoms with E-state index in [1.807, 2.05) is 11.8 Å². The lowest BCUT2D eigenvalue weighted by molar-refractivity contribution is 0.0876. The highest BCUT2D eigenvalue weighted by Gasteiger charge is 2.27. The molecule has 1 atom stereocenters. The molecule has 0 aromatic rings. The van der Waals surface area contributed by atoms with Crippen molar-refractivity contribution in [1.29, 1.82) is 0 Å². The Kier molecular flexibility index (Phi) is 4.01. The molecule has 2 nitrogen and oxygen atoms in total. The van der Waals surface area contributed by atoms with Crippen molar-refractivity contribution in [3.63, 3.8) is 0 Å². The molecule has 1 unspecified atom stereocenters. The Morgan fingerprint density at radius 2 is 2.31 bits per heavy atom. The van der Waals surface area contributed by atoms with Crippen LogP contribution < -0.4 is 0 Å². The van der Waals surface area contributed by atoms with Gasteiger partial charge in [-0.2, -0.15) is 11.8 Å². The van der Waals surface area contributed by atoms with Crippen LogP contribution in [-0.4, -0.2) is 52.9 Å². The van der Waals surface area contributed by atoms with Crippen molar-refractivity contribution in [3.8, 4) is 0 Å². The molecule has 0 spiro atoms. The third-order valence-electron chi connectivity index (χ3n) is 2.15. The predicted octanol–water partition coefficient (Wildman–Crippen LogP) is 1.14. The van der Waals surface area contributed by atoms with E-state index in [0.717, 1.165) is 18.8 Å². The lowest BCUT2D eigenvalue weighted by Crippen LogP contribution is -2.46. The van der Waals surface area contributed by atoms with Crippen molar-refractivity contribution in [2.24, 2.45) is 0 Å². The zero-order valence-electron chi connectivity index (χ0n) is 8.29. The quantitative estimate of drug-likeness (QED) is 0.751. The number of rotatable bonds is 3. The molecule has 0 amide bonds. The summed E-state index contributed by atoms with van der Waals surface area (Å²) < 4.78 is 12.3. The lowest BCUT2D eigenvalue weighted by atomic mass is 10.2. The summed E-state index contributed by atoms with van der Waals surface area (Å²) in [7, 11) is 0. The van der Waals surface area contributed by atoms with Gasteiger partial charge in [-0.15, -0.1) is 0 Å². The maximum atomic E-state index is 12.1. The van der Waals surface area contributed by atoms with Crippen LogP contribution in [0.2, 0.25) is 0 Å². The van der Waals surface area contributed by atoms with E-state index in [9.17, 15) is 4.39 Å². The monoisotopic (exact) mass is 207 g/mol. The Balaban J connectivity index is 2.34. The Morgan fingerprint density at radius 3 is 2.85 bits per heavy atom. The molecule has 1 aliphatic rings. The van der Waals surface area contributed by atoms with E-state index in [4.69, 9.17) is 5.11 Å². The number of thioether (sulfide) groups is 1. The summed E-state index contributed by atoms with van der Waals surface area (Å²) in [6.07, 6.45) is -0.807. The van der Waals surface area contributed by atoms with Gasteiger partial charge in [0.25, 0.3) is 0 Å². The van der Waals surface area contributed by atoms with Crippen LogP contribution >= 0.6 is 11.8 Å². The van der Waals surface area contributed by atoms with Gasteiger partial charge in [0.15, 0.2) is 0 Å². The van der Waals surface area contributed by atoms with Gasteiger partial charge >= 0.3 is 0 Å². The average Bonchev–Trinajstić information content (AvgIpc) is 2.02. The van der Waals surface area contributed by atoms with Crippen LogP contribution in [0.1, 0.15) is 13.8 Å². The van der Waals surface area contributed by atoms with Crippen LogP contribution in [0.25, 0.3) is 0 Å². The molecule has 0 aromatic heterocycles. The highest BCUT2D eigenvalue weighted by Crippen LogP contribution is 2.29. The normalized spacial score (nSPS) is 25.8. The second-order valence-corrected chi connectivity index (χ2v) is 5.95. The maximum absolute atomic E-state index is 12.1. The molecule has 1 heterocycles. The van der Waals surface area contributed by atoms with E-state index in [1.54, 1.807) is 0 Å². The number of hydrogen-bond donors (Lipinski definition) is 1. The molecule has 1 rings (SSSR count). The molecular formula is C9H18FNOS. The fourth-order valence-corrected chi connectivity index (χ4v) is 2.79. The number of aliphatic hydroxyl groups excluding tert-OH is 1. The second-order valence-electron chi connectivity index (χ2n) is 4.15. The zero-order chi connectivity index (χ0) is 9.90. The summed E-state index contributed by atoms with van der Waals surface area (Å²) in [5.74, 6) is 1.08. The molecule has 13 heavy (non-hydrogen) atoms. The topological polar surface area (TPSA) is 23.5 Å². The average molecular weight is 207 g/mol. The van der Waals surface area contributed by atoms with Gasteiger partial charge < -0.3 is 5.11 Å². The van der Waals surface area contributed by atoms with E-state index < -0.39 is 12.8 Å². The van der Waals surface area contributed by atoms with E-state index in [0.29, 0.717) is 6.54 Å². The van der Waals surface area contributed by atoms with Gasteiger partial charge in [-0.05, 0) is 13.8 Å². The molecule has 1 N–H and O–H groups in total. The van der Waals surface area contributed by atoms with Crippen LogP contribution in [0, 0.1) is 0 Å². The summed E-state index contributed by atoms with van der Waals surface area (Å²) in [4.78, 5) is 2.14. The van der Waals surface area contributed by atoms with Gasteiger partial charge in [-0.3, -0.25) is 4.90 Å².